The van der Waals surface area contributed by atoms with Crippen molar-refractivity contribution in [2.24, 2.45) is 5.92 Å². The molecule has 20 heavy (non-hydrogen) atoms. The number of sulfone groups is 1. The fourth-order valence-corrected chi connectivity index (χ4v) is 4.71. The van der Waals surface area contributed by atoms with E-state index in [1.54, 1.807) is 11.8 Å². The topological polar surface area (TPSA) is 93.4 Å². The van der Waals surface area contributed by atoms with Gasteiger partial charge >= 0.3 is 0 Å². The lowest BCUT2D eigenvalue weighted by molar-refractivity contribution is -0.135. The summed E-state index contributed by atoms with van der Waals surface area (Å²) in [7, 11) is -3.05. The summed E-state index contributed by atoms with van der Waals surface area (Å²) in [5.41, 5.74) is 0. The summed E-state index contributed by atoms with van der Waals surface area (Å²) in [5, 5.41) is 3.89. The summed E-state index contributed by atoms with van der Waals surface area (Å²) >= 11 is 0. The van der Waals surface area contributed by atoms with Crippen molar-refractivity contribution in [3.05, 3.63) is 11.7 Å². The number of likely N-dealkylation sites (tertiary alicyclic amines) is 1. The lowest BCUT2D eigenvalue weighted by Gasteiger charge is -2.24. The number of carbonyl (C=O) groups is 1. The second kappa shape index (κ2) is 4.83. The van der Waals surface area contributed by atoms with Crippen LogP contribution in [0.5, 0.6) is 0 Å². The van der Waals surface area contributed by atoms with Crippen molar-refractivity contribution >= 4 is 15.7 Å². The molecule has 0 saturated carbocycles. The van der Waals surface area contributed by atoms with Gasteiger partial charge in [0.15, 0.2) is 15.7 Å². The molecule has 1 aromatic heterocycles. The van der Waals surface area contributed by atoms with Gasteiger partial charge in [-0.05, 0) is 19.3 Å². The van der Waals surface area contributed by atoms with Crippen molar-refractivity contribution in [2.45, 2.75) is 32.2 Å². The highest BCUT2D eigenvalue weighted by Crippen LogP contribution is 2.33. The molecule has 8 heteroatoms. The molecule has 7 nitrogen and oxygen atoms in total. The van der Waals surface area contributed by atoms with Crippen molar-refractivity contribution in [1.29, 1.82) is 0 Å². The average Bonchev–Trinajstić information content (AvgIpc) is 3.07. The Bertz CT molecular complexity index is 624. The molecule has 0 spiro atoms. The van der Waals surface area contributed by atoms with Crippen LogP contribution >= 0.6 is 0 Å². The second-order valence-corrected chi connectivity index (χ2v) is 7.69. The molecule has 2 aliphatic rings. The van der Waals surface area contributed by atoms with Crippen LogP contribution in [0.1, 0.15) is 37.0 Å². The van der Waals surface area contributed by atoms with E-state index in [0.717, 1.165) is 12.8 Å². The number of amides is 1. The maximum absolute atomic E-state index is 12.5. The minimum atomic E-state index is -3.05. The maximum Gasteiger partial charge on any atom is 0.227 e. The smallest absolute Gasteiger partial charge is 0.227 e. The number of hydrogen-bond acceptors (Lipinski definition) is 6. The van der Waals surface area contributed by atoms with Gasteiger partial charge < -0.3 is 9.42 Å². The average molecular weight is 299 g/mol. The summed E-state index contributed by atoms with van der Waals surface area (Å²) in [4.78, 5) is 18.4. The third kappa shape index (κ3) is 2.44. The van der Waals surface area contributed by atoms with Gasteiger partial charge in [0.25, 0.3) is 0 Å². The van der Waals surface area contributed by atoms with Crippen LogP contribution in [0.3, 0.4) is 0 Å². The molecule has 110 valence electrons. The Morgan fingerprint density at radius 2 is 2.20 bits per heavy atom. The Hall–Kier alpha value is -1.44. The molecule has 0 aromatic carbocycles. The Morgan fingerprint density at radius 3 is 2.80 bits per heavy atom. The van der Waals surface area contributed by atoms with Crippen molar-refractivity contribution < 1.29 is 17.7 Å². The lowest BCUT2D eigenvalue weighted by atomic mass is 10.1. The first-order valence-corrected chi connectivity index (χ1v) is 8.59. The molecule has 2 fully saturated rings. The van der Waals surface area contributed by atoms with Crippen molar-refractivity contribution in [2.75, 3.05) is 18.1 Å². The third-order valence-electron chi connectivity index (χ3n) is 3.96. The normalized spacial score (nSPS) is 28.9. The summed E-state index contributed by atoms with van der Waals surface area (Å²) in [5.74, 6) is 0.588. The molecular formula is C12H17N3O4S. The predicted octanol–water partition coefficient (Wildman–Crippen LogP) is 0.476. The van der Waals surface area contributed by atoms with Gasteiger partial charge in [0.2, 0.25) is 11.8 Å². The Labute approximate surface area is 117 Å². The van der Waals surface area contributed by atoms with Crippen molar-refractivity contribution in [3.63, 3.8) is 0 Å². The minimum Gasteiger partial charge on any atom is -0.340 e. The van der Waals surface area contributed by atoms with E-state index in [4.69, 9.17) is 4.52 Å². The van der Waals surface area contributed by atoms with Crippen LogP contribution in [0.25, 0.3) is 0 Å². The SMILES string of the molecule is Cc1nc([C@H]2CCCN2C(=O)[C@@H]2CCS(=O)(=O)C2)no1. The van der Waals surface area contributed by atoms with Gasteiger partial charge in [-0.2, -0.15) is 4.98 Å². The molecule has 2 atom stereocenters. The highest BCUT2D eigenvalue weighted by molar-refractivity contribution is 7.91. The Kier molecular flexibility index (Phi) is 3.27. The standard InChI is InChI=1S/C12H17N3O4S/c1-8-13-11(14-19-8)10-3-2-5-15(10)12(16)9-4-6-20(17,18)7-9/h9-10H,2-7H2,1H3/t9-,10-/m1/s1. The van der Waals surface area contributed by atoms with E-state index in [0.29, 0.717) is 24.7 Å². The molecule has 0 aliphatic carbocycles. The molecule has 2 saturated heterocycles. The van der Waals surface area contributed by atoms with E-state index in [2.05, 4.69) is 10.1 Å². The molecule has 2 aliphatic heterocycles. The van der Waals surface area contributed by atoms with Gasteiger partial charge in [0, 0.05) is 13.5 Å². The first-order valence-electron chi connectivity index (χ1n) is 6.77. The van der Waals surface area contributed by atoms with E-state index in [1.807, 2.05) is 0 Å². The maximum atomic E-state index is 12.5. The number of aromatic nitrogens is 2. The summed E-state index contributed by atoms with van der Waals surface area (Å²) in [6.45, 7) is 2.34. The van der Waals surface area contributed by atoms with E-state index < -0.39 is 15.8 Å². The van der Waals surface area contributed by atoms with Crippen LogP contribution in [-0.4, -0.2) is 47.4 Å². The van der Waals surface area contributed by atoms with Crippen LogP contribution < -0.4 is 0 Å². The van der Waals surface area contributed by atoms with Crippen LogP contribution in [0, 0.1) is 12.8 Å². The zero-order valence-corrected chi connectivity index (χ0v) is 12.1. The monoisotopic (exact) mass is 299 g/mol. The van der Waals surface area contributed by atoms with Gasteiger partial charge in [-0.1, -0.05) is 5.16 Å². The molecule has 0 bridgehead atoms. The largest absolute Gasteiger partial charge is 0.340 e. The molecular weight excluding hydrogens is 282 g/mol. The van der Waals surface area contributed by atoms with Gasteiger partial charge in [-0.15, -0.1) is 0 Å². The Balaban J connectivity index is 1.77. The highest BCUT2D eigenvalue weighted by Gasteiger charge is 2.40. The zero-order valence-electron chi connectivity index (χ0n) is 11.3. The van der Waals surface area contributed by atoms with E-state index in [9.17, 15) is 13.2 Å². The Morgan fingerprint density at radius 1 is 1.40 bits per heavy atom. The number of rotatable bonds is 2. The first kappa shape index (κ1) is 13.5. The summed E-state index contributed by atoms with van der Waals surface area (Å²) in [6, 6.07) is -0.178. The van der Waals surface area contributed by atoms with E-state index in [1.165, 1.54) is 0 Å². The van der Waals surface area contributed by atoms with Crippen LogP contribution in [0.4, 0.5) is 0 Å². The van der Waals surface area contributed by atoms with Crippen LogP contribution in [0.2, 0.25) is 0 Å². The fraction of sp³-hybridized carbons (Fsp3) is 0.750. The number of aryl methyl sites for hydroxylation is 1. The van der Waals surface area contributed by atoms with Crippen molar-refractivity contribution in [3.8, 4) is 0 Å². The predicted molar refractivity (Wildman–Crippen MR) is 69.5 cm³/mol. The molecule has 0 unspecified atom stereocenters. The molecule has 1 aromatic rings. The van der Waals surface area contributed by atoms with Gasteiger partial charge in [0.1, 0.15) is 0 Å². The highest BCUT2D eigenvalue weighted by atomic mass is 32.2. The van der Waals surface area contributed by atoms with Gasteiger partial charge in [-0.3, -0.25) is 4.79 Å². The second-order valence-electron chi connectivity index (χ2n) is 5.46. The lowest BCUT2D eigenvalue weighted by Crippen LogP contribution is -2.36. The molecule has 0 N–H and O–H groups in total. The van der Waals surface area contributed by atoms with Gasteiger partial charge in [-0.25, -0.2) is 8.42 Å². The van der Waals surface area contributed by atoms with E-state index in [-0.39, 0.29) is 23.5 Å². The molecule has 0 radical (unpaired) electrons. The first-order chi connectivity index (χ1) is 9.46. The van der Waals surface area contributed by atoms with Gasteiger partial charge in [0.05, 0.1) is 23.5 Å². The van der Waals surface area contributed by atoms with Crippen LogP contribution in [0.15, 0.2) is 4.52 Å². The molecule has 3 heterocycles. The summed E-state index contributed by atoms with van der Waals surface area (Å²) in [6.07, 6.45) is 2.10. The number of hydrogen-bond donors (Lipinski definition) is 0. The van der Waals surface area contributed by atoms with Crippen molar-refractivity contribution in [1.82, 2.24) is 15.0 Å². The third-order valence-corrected chi connectivity index (χ3v) is 5.73. The van der Waals surface area contributed by atoms with Crippen LogP contribution in [-0.2, 0) is 14.6 Å². The van der Waals surface area contributed by atoms with E-state index >= 15 is 0 Å². The molecule has 1 amide bonds. The number of nitrogens with zero attached hydrogens (tertiary/aromatic N) is 3. The zero-order chi connectivity index (χ0) is 14.3. The summed E-state index contributed by atoms with van der Waals surface area (Å²) < 4.78 is 28.0. The molecule has 3 rings (SSSR count). The fourth-order valence-electron chi connectivity index (χ4n) is 2.97. The minimum absolute atomic E-state index is 0.0275. The number of carbonyl (C=O) groups excluding carboxylic acids is 1. The quantitative estimate of drug-likeness (QED) is 0.788.